The summed E-state index contributed by atoms with van der Waals surface area (Å²) in [5.41, 5.74) is -0.171. The topological polar surface area (TPSA) is 113 Å². The second kappa shape index (κ2) is 3.44. The first-order valence-corrected chi connectivity index (χ1v) is 4.68. The van der Waals surface area contributed by atoms with E-state index in [1.165, 1.54) is 0 Å². The Morgan fingerprint density at radius 1 is 1.44 bits per heavy atom. The molecule has 1 aliphatic carbocycles. The third kappa shape index (κ3) is 1.37. The van der Waals surface area contributed by atoms with Crippen LogP contribution >= 0.6 is 0 Å². The Morgan fingerprint density at radius 3 is 2.69 bits per heavy atom. The second-order valence-electron chi connectivity index (χ2n) is 3.54. The number of fused-ring (bicyclic) bond motifs is 1. The molecule has 7 heteroatoms. The first-order chi connectivity index (χ1) is 7.52. The van der Waals surface area contributed by atoms with Crippen LogP contribution in [-0.4, -0.2) is 26.8 Å². The summed E-state index contributed by atoms with van der Waals surface area (Å²) in [6.45, 7) is 0. The number of carboxylic acid groups (broad SMARTS) is 1. The summed E-state index contributed by atoms with van der Waals surface area (Å²) in [7, 11) is 0. The van der Waals surface area contributed by atoms with Gasteiger partial charge in [0.05, 0.1) is 5.56 Å². The molecule has 1 aromatic rings. The highest BCUT2D eigenvalue weighted by Crippen LogP contribution is 2.30. The number of ketones is 1. The number of H-pyrrole nitrogens is 1. The van der Waals surface area contributed by atoms with Crippen molar-refractivity contribution in [2.45, 2.75) is 19.3 Å². The van der Waals surface area contributed by atoms with E-state index in [0.29, 0.717) is 18.5 Å². The minimum Gasteiger partial charge on any atom is -0.477 e. The number of aromatic nitrogens is 1. The lowest BCUT2D eigenvalue weighted by atomic mass is 9.94. The van der Waals surface area contributed by atoms with E-state index in [1.54, 1.807) is 0 Å². The average molecular weight is 224 g/mol. The number of aromatic carboxylic acids is 1. The number of hydrogen-bond donors (Lipinski definition) is 2. The molecule has 0 fully saturated rings. The monoisotopic (exact) mass is 224 g/mol. The fourth-order valence-corrected chi connectivity index (χ4v) is 1.93. The van der Waals surface area contributed by atoms with Gasteiger partial charge in [0, 0.05) is 12.8 Å². The van der Waals surface area contributed by atoms with Crippen LogP contribution in [0.15, 0.2) is 0 Å². The van der Waals surface area contributed by atoms with Gasteiger partial charge in [-0.15, -0.1) is 0 Å². The van der Waals surface area contributed by atoms with Gasteiger partial charge in [-0.25, -0.2) is 9.78 Å². The van der Waals surface area contributed by atoms with Crippen molar-refractivity contribution in [3.05, 3.63) is 26.9 Å². The molecule has 0 aliphatic heterocycles. The number of nitrogens with one attached hydrogen (secondary N) is 1. The number of carbonyl (C=O) groups is 2. The van der Waals surface area contributed by atoms with Crippen LogP contribution in [0.25, 0.3) is 0 Å². The molecule has 0 saturated heterocycles. The zero-order valence-electron chi connectivity index (χ0n) is 8.15. The Hall–Kier alpha value is -2.18. The van der Waals surface area contributed by atoms with Gasteiger partial charge in [-0.3, -0.25) is 4.79 Å². The van der Waals surface area contributed by atoms with Crippen LogP contribution in [0.4, 0.5) is 5.82 Å². The van der Waals surface area contributed by atoms with Crippen LogP contribution in [0.5, 0.6) is 0 Å². The summed E-state index contributed by atoms with van der Waals surface area (Å²) in [6, 6.07) is 0. The zero-order chi connectivity index (χ0) is 11.9. The molecule has 0 amide bonds. The lowest BCUT2D eigenvalue weighted by Gasteiger charge is -2.06. The molecule has 0 spiro atoms. The highest BCUT2D eigenvalue weighted by molar-refractivity contribution is 6.09. The molecule has 1 heterocycles. The van der Waals surface area contributed by atoms with Gasteiger partial charge in [-0.2, -0.15) is 0 Å². The van der Waals surface area contributed by atoms with Crippen LogP contribution in [0.2, 0.25) is 0 Å². The summed E-state index contributed by atoms with van der Waals surface area (Å²) >= 11 is 0. The van der Waals surface area contributed by atoms with Gasteiger partial charge in [0.15, 0.2) is 11.3 Å². The van der Waals surface area contributed by atoms with Crippen molar-refractivity contribution in [1.82, 2.24) is 4.98 Å². The number of Topliss-reactive ketones (excluding diaryl/α,β-unsaturated/α-hetero) is 1. The molecule has 0 bridgehead atoms. The molecule has 16 heavy (non-hydrogen) atoms. The van der Waals surface area contributed by atoms with Gasteiger partial charge >= 0.3 is 11.8 Å². The van der Waals surface area contributed by atoms with Gasteiger partial charge < -0.3 is 15.2 Å². The van der Waals surface area contributed by atoms with Crippen LogP contribution in [0.1, 0.15) is 39.3 Å². The summed E-state index contributed by atoms with van der Waals surface area (Å²) in [6.07, 6.45) is 1.29. The zero-order valence-corrected chi connectivity index (χ0v) is 8.15. The van der Waals surface area contributed by atoms with Crippen molar-refractivity contribution in [1.29, 1.82) is 0 Å². The third-order valence-corrected chi connectivity index (χ3v) is 2.56. The first-order valence-electron chi connectivity index (χ1n) is 4.68. The molecule has 0 aromatic carbocycles. The molecule has 0 unspecified atom stereocenters. The van der Waals surface area contributed by atoms with E-state index in [4.69, 9.17) is 5.11 Å². The normalized spacial score (nSPS) is 14.6. The number of nitro groups is 1. The molecule has 2 rings (SSSR count). The summed E-state index contributed by atoms with van der Waals surface area (Å²) < 4.78 is 0. The molecule has 2 N–H and O–H groups in total. The van der Waals surface area contributed by atoms with Crippen LogP contribution in [0, 0.1) is 10.1 Å². The Balaban J connectivity index is 2.71. The van der Waals surface area contributed by atoms with E-state index in [1.807, 2.05) is 0 Å². The molecule has 84 valence electrons. The number of rotatable bonds is 2. The average Bonchev–Trinajstić information content (AvgIpc) is 2.58. The second-order valence-corrected chi connectivity index (χ2v) is 3.54. The van der Waals surface area contributed by atoms with Gasteiger partial charge in [0.2, 0.25) is 0 Å². The number of carboxylic acids is 1. The molecular weight excluding hydrogens is 216 g/mol. The minimum atomic E-state index is -1.44. The number of aryl methyl sites for hydroxylation is 1. The predicted octanol–water partition coefficient (Wildman–Crippen LogP) is 1.14. The highest BCUT2D eigenvalue weighted by atomic mass is 16.6. The van der Waals surface area contributed by atoms with Crippen molar-refractivity contribution >= 4 is 17.6 Å². The maximum absolute atomic E-state index is 11.5. The standard InChI is InChI=1S/C9H8N2O5/c12-5-3-1-2-4-6(5)7(9(13)14)8(10-4)11(15)16/h10H,1-3H2,(H,13,14). The van der Waals surface area contributed by atoms with E-state index in [2.05, 4.69) is 4.98 Å². The molecule has 1 aliphatic rings. The molecule has 1 aromatic heterocycles. The summed E-state index contributed by atoms with van der Waals surface area (Å²) in [5.74, 6) is -2.39. The highest BCUT2D eigenvalue weighted by Gasteiger charge is 2.35. The lowest BCUT2D eigenvalue weighted by Crippen LogP contribution is -2.13. The number of nitrogens with zero attached hydrogens (tertiary/aromatic N) is 1. The Kier molecular flexibility index (Phi) is 2.22. The Morgan fingerprint density at radius 2 is 2.12 bits per heavy atom. The van der Waals surface area contributed by atoms with Crippen molar-refractivity contribution in [2.75, 3.05) is 0 Å². The van der Waals surface area contributed by atoms with Crippen molar-refractivity contribution < 1.29 is 19.6 Å². The maximum atomic E-state index is 11.5. The Bertz CT molecular complexity index is 502. The quantitative estimate of drug-likeness (QED) is 0.577. The fourth-order valence-electron chi connectivity index (χ4n) is 1.93. The van der Waals surface area contributed by atoms with E-state index < -0.39 is 22.3 Å². The van der Waals surface area contributed by atoms with E-state index in [0.717, 1.165) is 0 Å². The fraction of sp³-hybridized carbons (Fsp3) is 0.333. The van der Waals surface area contributed by atoms with Crippen LogP contribution in [0.3, 0.4) is 0 Å². The molecule has 0 radical (unpaired) electrons. The van der Waals surface area contributed by atoms with Crippen LogP contribution < -0.4 is 0 Å². The summed E-state index contributed by atoms with van der Waals surface area (Å²) in [5, 5.41) is 19.6. The van der Waals surface area contributed by atoms with Crippen molar-refractivity contribution in [3.63, 3.8) is 0 Å². The molecular formula is C9H8N2O5. The van der Waals surface area contributed by atoms with Gasteiger partial charge in [0.1, 0.15) is 5.69 Å². The summed E-state index contributed by atoms with van der Waals surface area (Å²) in [4.78, 5) is 34.7. The van der Waals surface area contributed by atoms with Gasteiger partial charge in [0.25, 0.3) is 0 Å². The molecule has 7 nitrogen and oxygen atoms in total. The van der Waals surface area contributed by atoms with Gasteiger partial charge in [-0.1, -0.05) is 0 Å². The SMILES string of the molecule is O=C1CCCc2[nH]c([N+](=O)[O-])c(C(=O)O)c21. The number of aromatic amines is 1. The smallest absolute Gasteiger partial charge is 0.345 e. The molecule has 0 saturated carbocycles. The van der Waals surface area contributed by atoms with E-state index in [9.17, 15) is 19.7 Å². The Labute approximate surface area is 89.2 Å². The predicted molar refractivity (Wildman–Crippen MR) is 51.7 cm³/mol. The first kappa shape index (κ1) is 10.3. The van der Waals surface area contributed by atoms with Crippen LogP contribution in [-0.2, 0) is 6.42 Å². The van der Waals surface area contributed by atoms with Crippen molar-refractivity contribution in [3.8, 4) is 0 Å². The van der Waals surface area contributed by atoms with Crippen molar-refractivity contribution in [2.24, 2.45) is 0 Å². The van der Waals surface area contributed by atoms with E-state index in [-0.39, 0.29) is 17.8 Å². The lowest BCUT2D eigenvalue weighted by molar-refractivity contribution is -0.389. The minimum absolute atomic E-state index is 0.0227. The largest absolute Gasteiger partial charge is 0.477 e. The maximum Gasteiger partial charge on any atom is 0.345 e. The third-order valence-electron chi connectivity index (χ3n) is 2.56. The number of carbonyl (C=O) groups excluding carboxylic acids is 1. The number of hydrogen-bond acceptors (Lipinski definition) is 4. The van der Waals surface area contributed by atoms with E-state index >= 15 is 0 Å². The van der Waals surface area contributed by atoms with Gasteiger partial charge in [-0.05, 0) is 11.3 Å². The molecule has 0 atom stereocenters.